The van der Waals surface area contributed by atoms with E-state index in [0.717, 1.165) is 5.56 Å². The number of carbonyl (C=O) groups is 1. The summed E-state index contributed by atoms with van der Waals surface area (Å²) in [5.41, 5.74) is 1.53. The van der Waals surface area contributed by atoms with Gasteiger partial charge in [0.25, 0.3) is 5.56 Å². The van der Waals surface area contributed by atoms with Crippen LogP contribution in [0.15, 0.2) is 35.1 Å². The van der Waals surface area contributed by atoms with Crippen LogP contribution in [0.4, 0.5) is 0 Å². The van der Waals surface area contributed by atoms with Gasteiger partial charge in [-0.25, -0.2) is 4.79 Å². The minimum absolute atomic E-state index is 0.0796. The number of aromatic nitrogens is 1. The number of rotatable bonds is 5. The molecule has 0 radical (unpaired) electrons. The molecule has 0 aliphatic rings. The van der Waals surface area contributed by atoms with Crippen molar-refractivity contribution in [3.8, 4) is 0 Å². The number of alkyl halides is 1. The second-order valence-electron chi connectivity index (χ2n) is 4.63. The number of hydrogen-bond donors (Lipinski definition) is 1. The number of halogens is 3. The van der Waals surface area contributed by atoms with E-state index in [4.69, 9.17) is 28.3 Å². The standard InChI is InChI=1S/C15H12BrCl2NO3/c16-8-13-11(17)7-12(18)14(20)19(13)6-5-9-1-3-10(4-2-9)15(21)22/h1-4,7H,5-6,8H2,(H,21,22). The number of carboxylic acid groups (broad SMARTS) is 1. The molecule has 0 spiro atoms. The molecule has 0 aliphatic heterocycles. The zero-order chi connectivity index (χ0) is 16.3. The third-order valence-corrected chi connectivity index (χ3v) is 4.39. The summed E-state index contributed by atoms with van der Waals surface area (Å²) in [6.45, 7) is 0.409. The molecule has 7 heteroatoms. The van der Waals surface area contributed by atoms with Crippen molar-refractivity contribution in [2.75, 3.05) is 0 Å². The van der Waals surface area contributed by atoms with Crippen molar-refractivity contribution in [2.45, 2.75) is 18.3 Å². The van der Waals surface area contributed by atoms with E-state index in [9.17, 15) is 9.59 Å². The van der Waals surface area contributed by atoms with Crippen molar-refractivity contribution < 1.29 is 9.90 Å². The monoisotopic (exact) mass is 403 g/mol. The molecule has 116 valence electrons. The quantitative estimate of drug-likeness (QED) is 0.766. The fourth-order valence-corrected chi connectivity index (χ4v) is 3.38. The molecule has 0 unspecified atom stereocenters. The van der Waals surface area contributed by atoms with Crippen molar-refractivity contribution in [2.24, 2.45) is 0 Å². The van der Waals surface area contributed by atoms with E-state index in [-0.39, 0.29) is 16.1 Å². The first kappa shape index (κ1) is 17.1. The molecule has 0 fully saturated rings. The van der Waals surface area contributed by atoms with Gasteiger partial charge in [0.2, 0.25) is 0 Å². The summed E-state index contributed by atoms with van der Waals surface area (Å²) in [7, 11) is 0. The molecule has 0 saturated carbocycles. The Kier molecular flexibility index (Phi) is 5.67. The van der Waals surface area contributed by atoms with E-state index in [0.29, 0.717) is 29.0 Å². The van der Waals surface area contributed by atoms with Gasteiger partial charge in [-0.15, -0.1) is 0 Å². The lowest BCUT2D eigenvalue weighted by Crippen LogP contribution is -2.24. The molecule has 1 aromatic heterocycles. The van der Waals surface area contributed by atoms with E-state index < -0.39 is 5.97 Å². The van der Waals surface area contributed by atoms with Crippen LogP contribution in [0.2, 0.25) is 10.0 Å². The lowest BCUT2D eigenvalue weighted by molar-refractivity contribution is 0.0697. The maximum absolute atomic E-state index is 12.1. The Morgan fingerprint density at radius 1 is 1.18 bits per heavy atom. The first-order chi connectivity index (χ1) is 10.4. The van der Waals surface area contributed by atoms with E-state index in [1.54, 1.807) is 12.1 Å². The number of benzene rings is 1. The van der Waals surface area contributed by atoms with Crippen LogP contribution in [-0.2, 0) is 18.3 Å². The SMILES string of the molecule is O=C(O)c1ccc(CCn2c(CBr)c(Cl)cc(Cl)c2=O)cc1. The summed E-state index contributed by atoms with van der Waals surface area (Å²) in [4.78, 5) is 23.0. The van der Waals surface area contributed by atoms with Crippen LogP contribution < -0.4 is 5.56 Å². The van der Waals surface area contributed by atoms with Crippen molar-refractivity contribution in [3.05, 3.63) is 67.6 Å². The third kappa shape index (κ3) is 3.72. The van der Waals surface area contributed by atoms with E-state index in [1.807, 2.05) is 0 Å². The van der Waals surface area contributed by atoms with Crippen molar-refractivity contribution in [1.82, 2.24) is 4.57 Å². The number of carboxylic acids is 1. The summed E-state index contributed by atoms with van der Waals surface area (Å²) in [5.74, 6) is -0.967. The van der Waals surface area contributed by atoms with Gasteiger partial charge in [0.05, 0.1) is 16.3 Å². The van der Waals surface area contributed by atoms with Crippen molar-refractivity contribution in [1.29, 1.82) is 0 Å². The van der Waals surface area contributed by atoms with Crippen LogP contribution in [0.3, 0.4) is 0 Å². The predicted molar refractivity (Wildman–Crippen MR) is 90.5 cm³/mol. The summed E-state index contributed by atoms with van der Waals surface area (Å²) >= 11 is 15.3. The largest absolute Gasteiger partial charge is 0.478 e. The van der Waals surface area contributed by atoms with Gasteiger partial charge in [-0.1, -0.05) is 51.3 Å². The average Bonchev–Trinajstić information content (AvgIpc) is 2.49. The van der Waals surface area contributed by atoms with Crippen molar-refractivity contribution in [3.63, 3.8) is 0 Å². The van der Waals surface area contributed by atoms with E-state index in [2.05, 4.69) is 15.9 Å². The minimum Gasteiger partial charge on any atom is -0.478 e. The Balaban J connectivity index is 2.24. The van der Waals surface area contributed by atoms with Gasteiger partial charge in [0, 0.05) is 11.9 Å². The van der Waals surface area contributed by atoms with Crippen LogP contribution in [0.5, 0.6) is 0 Å². The molecule has 2 rings (SSSR count). The number of aryl methyl sites for hydroxylation is 1. The molecule has 22 heavy (non-hydrogen) atoms. The van der Waals surface area contributed by atoms with Crippen LogP contribution in [-0.4, -0.2) is 15.6 Å². The molecule has 1 heterocycles. The first-order valence-corrected chi connectivity index (χ1v) is 8.27. The highest BCUT2D eigenvalue weighted by molar-refractivity contribution is 9.08. The first-order valence-electron chi connectivity index (χ1n) is 6.40. The molecular formula is C15H12BrCl2NO3. The normalized spacial score (nSPS) is 10.7. The molecule has 1 aromatic carbocycles. The summed E-state index contributed by atoms with van der Waals surface area (Å²) < 4.78 is 1.53. The zero-order valence-corrected chi connectivity index (χ0v) is 14.5. The van der Waals surface area contributed by atoms with Gasteiger partial charge in [0.1, 0.15) is 5.02 Å². The van der Waals surface area contributed by atoms with E-state index >= 15 is 0 Å². The van der Waals surface area contributed by atoms with Gasteiger partial charge < -0.3 is 9.67 Å². The highest BCUT2D eigenvalue weighted by atomic mass is 79.9. The molecule has 4 nitrogen and oxygen atoms in total. The van der Waals surface area contributed by atoms with Gasteiger partial charge in [-0.2, -0.15) is 0 Å². The molecule has 0 atom stereocenters. The van der Waals surface area contributed by atoms with Crippen LogP contribution >= 0.6 is 39.1 Å². The highest BCUT2D eigenvalue weighted by Crippen LogP contribution is 2.20. The smallest absolute Gasteiger partial charge is 0.335 e. The van der Waals surface area contributed by atoms with Gasteiger partial charge in [-0.3, -0.25) is 4.79 Å². The second kappa shape index (κ2) is 7.31. The Bertz CT molecular complexity index is 757. The lowest BCUT2D eigenvalue weighted by atomic mass is 10.1. The Hall–Kier alpha value is -1.30. The van der Waals surface area contributed by atoms with E-state index in [1.165, 1.54) is 22.8 Å². The molecule has 0 aliphatic carbocycles. The zero-order valence-electron chi connectivity index (χ0n) is 11.4. The summed E-state index contributed by atoms with van der Waals surface area (Å²) in [5, 5.41) is 9.82. The van der Waals surface area contributed by atoms with Crippen LogP contribution in [0.25, 0.3) is 0 Å². The topological polar surface area (TPSA) is 59.3 Å². The molecule has 1 N–H and O–H groups in total. The Morgan fingerprint density at radius 3 is 2.36 bits per heavy atom. The van der Waals surface area contributed by atoms with Gasteiger partial charge in [-0.05, 0) is 30.2 Å². The number of aromatic carboxylic acids is 1. The maximum atomic E-state index is 12.1. The fraction of sp³-hybridized carbons (Fsp3) is 0.200. The molecule has 0 saturated heterocycles. The van der Waals surface area contributed by atoms with Crippen LogP contribution in [0.1, 0.15) is 21.6 Å². The second-order valence-corrected chi connectivity index (χ2v) is 6.00. The number of nitrogens with zero attached hydrogens (tertiary/aromatic N) is 1. The Morgan fingerprint density at radius 2 is 1.82 bits per heavy atom. The number of hydrogen-bond acceptors (Lipinski definition) is 2. The highest BCUT2D eigenvalue weighted by Gasteiger charge is 2.12. The fourth-order valence-electron chi connectivity index (χ4n) is 2.06. The summed E-state index contributed by atoms with van der Waals surface area (Å²) in [6.07, 6.45) is 0.566. The summed E-state index contributed by atoms with van der Waals surface area (Å²) in [6, 6.07) is 7.98. The Labute approximate surface area is 145 Å². The molecule has 0 bridgehead atoms. The minimum atomic E-state index is -0.967. The van der Waals surface area contributed by atoms with Crippen LogP contribution in [0, 0.1) is 0 Å². The van der Waals surface area contributed by atoms with Gasteiger partial charge in [0.15, 0.2) is 0 Å². The van der Waals surface area contributed by atoms with Crippen molar-refractivity contribution >= 4 is 45.1 Å². The lowest BCUT2D eigenvalue weighted by Gasteiger charge is -2.13. The third-order valence-electron chi connectivity index (χ3n) is 3.26. The number of pyridine rings is 1. The molecular weight excluding hydrogens is 393 g/mol. The average molecular weight is 405 g/mol. The molecule has 0 amide bonds. The predicted octanol–water partition coefficient (Wildman–Crippen LogP) is 3.99. The maximum Gasteiger partial charge on any atom is 0.335 e. The van der Waals surface area contributed by atoms with Gasteiger partial charge >= 0.3 is 5.97 Å². The molecule has 2 aromatic rings.